The monoisotopic (exact) mass is 285 g/mol. The molecule has 2 rings (SSSR count). The number of hydrogen-bond donors (Lipinski definition) is 2. The van der Waals surface area contributed by atoms with Crippen LogP contribution in [0.4, 0.5) is 0 Å². The topological polar surface area (TPSA) is 62.5 Å². The van der Waals surface area contributed by atoms with Crippen molar-refractivity contribution in [2.24, 2.45) is 0 Å². The summed E-state index contributed by atoms with van der Waals surface area (Å²) in [6, 6.07) is 15.1. The van der Waals surface area contributed by atoms with E-state index in [9.17, 15) is 5.11 Å². The van der Waals surface area contributed by atoms with E-state index in [1.807, 2.05) is 49.4 Å². The average Bonchev–Trinajstić information content (AvgIpc) is 2.53. The van der Waals surface area contributed by atoms with Gasteiger partial charge < -0.3 is 14.6 Å². The number of aryl methyl sites for hydroxylation is 1. The molecule has 0 spiro atoms. The van der Waals surface area contributed by atoms with Crippen LogP contribution >= 0.6 is 0 Å². The summed E-state index contributed by atoms with van der Waals surface area (Å²) in [4.78, 5) is 0. The smallest absolute Gasteiger partial charge is 0.214 e. The number of rotatable bonds is 5. The zero-order valence-electron chi connectivity index (χ0n) is 12.2. The Kier molecular flexibility index (Phi) is 4.95. The molecule has 110 valence electrons. The predicted molar refractivity (Wildman–Crippen MR) is 81.6 cm³/mol. The molecular weight excluding hydrogens is 266 g/mol. The van der Waals surface area contributed by atoms with Crippen LogP contribution in [0, 0.1) is 12.3 Å². The second-order valence-corrected chi connectivity index (χ2v) is 4.72. The summed E-state index contributed by atoms with van der Waals surface area (Å²) in [5.41, 5.74) is 2.51. The molecule has 0 fully saturated rings. The predicted octanol–water partition coefficient (Wildman–Crippen LogP) is 3.23. The van der Waals surface area contributed by atoms with E-state index in [0.717, 1.165) is 16.9 Å². The van der Waals surface area contributed by atoms with Crippen LogP contribution in [0.2, 0.25) is 0 Å². The number of aliphatic hydroxyl groups is 1. The summed E-state index contributed by atoms with van der Waals surface area (Å²) < 4.78 is 10.6. The third kappa shape index (κ3) is 3.61. The molecule has 0 saturated carbocycles. The lowest BCUT2D eigenvalue weighted by molar-refractivity contribution is 0.201. The van der Waals surface area contributed by atoms with Gasteiger partial charge >= 0.3 is 0 Å². The average molecular weight is 285 g/mol. The molecule has 1 unspecified atom stereocenters. The Bertz CT molecular complexity index is 625. The summed E-state index contributed by atoms with van der Waals surface area (Å²) in [6.45, 7) is 2.31. The third-order valence-corrected chi connectivity index (χ3v) is 3.29. The van der Waals surface area contributed by atoms with Crippen LogP contribution in [0.25, 0.3) is 0 Å². The molecule has 21 heavy (non-hydrogen) atoms. The summed E-state index contributed by atoms with van der Waals surface area (Å²) in [5, 5.41) is 17.7. The minimum atomic E-state index is -1.08. The minimum absolute atomic E-state index is 0.182. The van der Waals surface area contributed by atoms with Crippen LogP contribution in [0.3, 0.4) is 0 Å². The Morgan fingerprint density at radius 1 is 1.14 bits per heavy atom. The molecular formula is C17H19NO3. The van der Waals surface area contributed by atoms with E-state index in [-0.39, 0.29) is 5.90 Å². The van der Waals surface area contributed by atoms with Crippen LogP contribution in [0.1, 0.15) is 22.8 Å². The van der Waals surface area contributed by atoms with Gasteiger partial charge in [0.05, 0.1) is 7.11 Å². The van der Waals surface area contributed by atoms with Gasteiger partial charge in [-0.25, -0.2) is 0 Å². The standard InChI is InChI=1S/C17H19NO3/c1-12-7-3-6-10-15(12)21-11-13-8-4-5-9-14(13)16(19)17(18)20-2/h3-10,16,18-19H,11H2,1-2H3. The summed E-state index contributed by atoms with van der Waals surface area (Å²) in [7, 11) is 1.37. The Hall–Kier alpha value is -2.33. The number of benzene rings is 2. The van der Waals surface area contributed by atoms with Crippen molar-refractivity contribution in [3.8, 4) is 5.75 Å². The number of nitrogens with one attached hydrogen (secondary N) is 1. The molecule has 4 nitrogen and oxygen atoms in total. The van der Waals surface area contributed by atoms with E-state index < -0.39 is 6.10 Å². The van der Waals surface area contributed by atoms with E-state index in [0.29, 0.717) is 12.2 Å². The van der Waals surface area contributed by atoms with Gasteiger partial charge in [0, 0.05) is 0 Å². The maximum atomic E-state index is 10.1. The largest absolute Gasteiger partial charge is 0.489 e. The van der Waals surface area contributed by atoms with Gasteiger partial charge in [0.25, 0.3) is 0 Å². The fourth-order valence-corrected chi connectivity index (χ4v) is 2.06. The Labute approximate surface area is 124 Å². The quantitative estimate of drug-likeness (QED) is 0.655. The Morgan fingerprint density at radius 2 is 1.81 bits per heavy atom. The molecule has 2 N–H and O–H groups in total. The van der Waals surface area contributed by atoms with Gasteiger partial charge in [-0.2, -0.15) is 0 Å². The SMILES string of the molecule is COC(=N)C(O)c1ccccc1COc1ccccc1C. The van der Waals surface area contributed by atoms with Crippen LogP contribution in [-0.4, -0.2) is 18.1 Å². The number of methoxy groups -OCH3 is 1. The molecule has 0 heterocycles. The van der Waals surface area contributed by atoms with Crippen molar-refractivity contribution < 1.29 is 14.6 Å². The zero-order chi connectivity index (χ0) is 15.2. The highest BCUT2D eigenvalue weighted by Crippen LogP contribution is 2.23. The molecule has 2 aromatic carbocycles. The third-order valence-electron chi connectivity index (χ3n) is 3.29. The number of hydrogen-bond acceptors (Lipinski definition) is 4. The number of aliphatic hydroxyl groups excluding tert-OH is 1. The van der Waals surface area contributed by atoms with Gasteiger partial charge in [-0.1, -0.05) is 42.5 Å². The minimum Gasteiger partial charge on any atom is -0.489 e. The van der Waals surface area contributed by atoms with Crippen molar-refractivity contribution in [3.63, 3.8) is 0 Å². The van der Waals surface area contributed by atoms with Crippen LogP contribution in [-0.2, 0) is 11.3 Å². The zero-order valence-corrected chi connectivity index (χ0v) is 12.2. The van der Waals surface area contributed by atoms with Gasteiger partial charge in [0.2, 0.25) is 5.90 Å². The lowest BCUT2D eigenvalue weighted by atomic mass is 10.0. The summed E-state index contributed by atoms with van der Waals surface area (Å²) in [6.07, 6.45) is -1.08. The van der Waals surface area contributed by atoms with Crippen molar-refractivity contribution in [1.82, 2.24) is 0 Å². The fraction of sp³-hybridized carbons (Fsp3) is 0.235. The van der Waals surface area contributed by atoms with Crippen LogP contribution < -0.4 is 4.74 Å². The van der Waals surface area contributed by atoms with Crippen molar-refractivity contribution in [1.29, 1.82) is 5.41 Å². The van der Waals surface area contributed by atoms with Crippen molar-refractivity contribution in [2.45, 2.75) is 19.6 Å². The lowest BCUT2D eigenvalue weighted by Gasteiger charge is -2.16. The van der Waals surface area contributed by atoms with Gasteiger partial charge in [-0.05, 0) is 29.7 Å². The Balaban J connectivity index is 2.17. The van der Waals surface area contributed by atoms with Gasteiger partial charge in [-0.3, -0.25) is 5.41 Å². The van der Waals surface area contributed by atoms with Gasteiger partial charge in [-0.15, -0.1) is 0 Å². The summed E-state index contributed by atoms with van der Waals surface area (Å²) >= 11 is 0. The first-order valence-electron chi connectivity index (χ1n) is 6.70. The molecule has 0 amide bonds. The first kappa shape index (κ1) is 15.1. The lowest BCUT2D eigenvalue weighted by Crippen LogP contribution is -2.15. The van der Waals surface area contributed by atoms with Crippen LogP contribution in [0.15, 0.2) is 48.5 Å². The highest BCUT2D eigenvalue weighted by Gasteiger charge is 2.17. The first-order chi connectivity index (χ1) is 10.1. The van der Waals surface area contributed by atoms with E-state index in [1.165, 1.54) is 7.11 Å². The molecule has 0 aliphatic rings. The van der Waals surface area contributed by atoms with Gasteiger partial charge in [0.1, 0.15) is 12.4 Å². The molecule has 1 atom stereocenters. The fourth-order valence-electron chi connectivity index (χ4n) is 2.06. The Morgan fingerprint density at radius 3 is 2.52 bits per heavy atom. The van der Waals surface area contributed by atoms with E-state index >= 15 is 0 Å². The second-order valence-electron chi connectivity index (χ2n) is 4.72. The van der Waals surface area contributed by atoms with E-state index in [4.69, 9.17) is 14.9 Å². The maximum absolute atomic E-state index is 10.1. The molecule has 2 aromatic rings. The maximum Gasteiger partial charge on any atom is 0.214 e. The highest BCUT2D eigenvalue weighted by molar-refractivity contribution is 5.79. The molecule has 0 aliphatic heterocycles. The van der Waals surface area contributed by atoms with Crippen molar-refractivity contribution >= 4 is 5.90 Å². The van der Waals surface area contributed by atoms with E-state index in [1.54, 1.807) is 6.07 Å². The van der Waals surface area contributed by atoms with Crippen molar-refractivity contribution in [3.05, 3.63) is 65.2 Å². The second kappa shape index (κ2) is 6.90. The summed E-state index contributed by atoms with van der Waals surface area (Å²) in [5.74, 6) is 0.627. The molecule has 0 aliphatic carbocycles. The van der Waals surface area contributed by atoms with E-state index in [2.05, 4.69) is 0 Å². The molecule has 4 heteroatoms. The van der Waals surface area contributed by atoms with Crippen LogP contribution in [0.5, 0.6) is 5.75 Å². The highest BCUT2D eigenvalue weighted by atomic mass is 16.5. The molecule has 0 radical (unpaired) electrons. The first-order valence-corrected chi connectivity index (χ1v) is 6.70. The molecule has 0 aromatic heterocycles. The van der Waals surface area contributed by atoms with Gasteiger partial charge in [0.15, 0.2) is 6.10 Å². The number of ether oxygens (including phenoxy) is 2. The van der Waals surface area contributed by atoms with Crippen molar-refractivity contribution in [2.75, 3.05) is 7.11 Å². The number of para-hydroxylation sites is 1. The normalized spacial score (nSPS) is 11.8. The molecule has 0 bridgehead atoms. The molecule has 0 saturated heterocycles.